The summed E-state index contributed by atoms with van der Waals surface area (Å²) in [5.74, 6) is -0.0190. The van der Waals surface area contributed by atoms with Crippen molar-refractivity contribution in [2.75, 3.05) is 20.1 Å². The average Bonchev–Trinajstić information content (AvgIpc) is 3.30. The van der Waals surface area contributed by atoms with Crippen molar-refractivity contribution in [2.24, 2.45) is 0 Å². The molecular weight excluding hydrogens is 367 g/mol. The third kappa shape index (κ3) is 3.13. The van der Waals surface area contributed by atoms with E-state index in [1.54, 1.807) is 18.2 Å². The second-order valence-corrected chi connectivity index (χ2v) is 8.02. The zero-order valence-corrected chi connectivity index (χ0v) is 16.3. The molecule has 0 bridgehead atoms. The Morgan fingerprint density at radius 3 is 2.54 bits per heavy atom. The lowest BCUT2D eigenvalue weighted by Gasteiger charge is -2.35. The molecule has 1 aliphatic carbocycles. The zero-order valence-electron chi connectivity index (χ0n) is 14.8. The minimum Gasteiger partial charge on any atom is -0.333 e. The molecule has 2 aromatic rings. The molecule has 0 spiro atoms. The van der Waals surface area contributed by atoms with E-state index in [1.807, 2.05) is 11.9 Å². The highest BCUT2D eigenvalue weighted by Gasteiger charge is 2.40. The molecule has 1 amide bonds. The highest BCUT2D eigenvalue weighted by molar-refractivity contribution is 6.42. The van der Waals surface area contributed by atoms with Crippen LogP contribution < -0.4 is 0 Å². The van der Waals surface area contributed by atoms with Gasteiger partial charge in [0.25, 0.3) is 5.91 Å². The lowest BCUT2D eigenvalue weighted by Crippen LogP contribution is -2.44. The second-order valence-electron chi connectivity index (χ2n) is 7.20. The molecule has 0 radical (unpaired) electrons. The summed E-state index contributed by atoms with van der Waals surface area (Å²) in [5.41, 5.74) is 3.19. The van der Waals surface area contributed by atoms with Gasteiger partial charge in [-0.05, 0) is 61.7 Å². The van der Waals surface area contributed by atoms with Crippen LogP contribution in [0, 0.1) is 0 Å². The van der Waals surface area contributed by atoms with E-state index in [0.29, 0.717) is 21.7 Å². The van der Waals surface area contributed by atoms with Crippen molar-refractivity contribution < 1.29 is 4.79 Å². The molecule has 1 aliphatic heterocycles. The van der Waals surface area contributed by atoms with Crippen LogP contribution in [0.5, 0.6) is 0 Å². The Labute approximate surface area is 164 Å². The van der Waals surface area contributed by atoms with Gasteiger partial charge in [-0.3, -0.25) is 9.69 Å². The lowest BCUT2D eigenvalue weighted by molar-refractivity contribution is 0.0625. The standard InChI is InChI=1S/C21H22Cl2N2O/c1-24(21(26)15-8-9-17(22)18(23)12-15)20-16-7-3-2-6-14(16)13-19(20)25-10-4-5-11-25/h2-3,6-9,12,19-20H,4-5,10-11,13H2,1H3/t19-,20-/m1/s1. The maximum absolute atomic E-state index is 13.2. The number of likely N-dealkylation sites (N-methyl/N-ethyl adjacent to an activating group) is 1. The summed E-state index contributed by atoms with van der Waals surface area (Å²) in [6, 6.07) is 14.0. The first kappa shape index (κ1) is 17.8. The third-order valence-corrected chi connectivity index (χ3v) is 6.42. The first-order valence-corrected chi connectivity index (χ1v) is 9.86. The van der Waals surface area contributed by atoms with Gasteiger partial charge in [0.05, 0.1) is 16.1 Å². The molecule has 2 aliphatic rings. The lowest BCUT2D eigenvalue weighted by atomic mass is 10.0. The van der Waals surface area contributed by atoms with Crippen molar-refractivity contribution in [1.29, 1.82) is 0 Å². The Balaban J connectivity index is 1.67. The Morgan fingerprint density at radius 1 is 1.08 bits per heavy atom. The van der Waals surface area contributed by atoms with E-state index >= 15 is 0 Å². The molecule has 0 aromatic heterocycles. The summed E-state index contributed by atoms with van der Waals surface area (Å²) in [7, 11) is 1.90. The van der Waals surface area contributed by atoms with Gasteiger partial charge < -0.3 is 4.90 Å². The van der Waals surface area contributed by atoms with Gasteiger partial charge >= 0.3 is 0 Å². The van der Waals surface area contributed by atoms with Crippen LogP contribution >= 0.6 is 23.2 Å². The van der Waals surface area contributed by atoms with Gasteiger partial charge in [-0.2, -0.15) is 0 Å². The highest BCUT2D eigenvalue weighted by atomic mass is 35.5. The summed E-state index contributed by atoms with van der Waals surface area (Å²) < 4.78 is 0. The molecule has 1 heterocycles. The van der Waals surface area contributed by atoms with Crippen LogP contribution in [0.3, 0.4) is 0 Å². The fourth-order valence-corrected chi connectivity index (χ4v) is 4.68. The molecule has 0 unspecified atom stereocenters. The number of hydrogen-bond acceptors (Lipinski definition) is 2. The minimum absolute atomic E-state index is 0.0190. The van der Waals surface area contributed by atoms with Gasteiger partial charge in [0.2, 0.25) is 0 Å². The second kappa shape index (κ2) is 7.22. The van der Waals surface area contributed by atoms with Gasteiger partial charge in [0.15, 0.2) is 0 Å². The normalized spacial score (nSPS) is 22.4. The maximum atomic E-state index is 13.2. The van der Waals surface area contributed by atoms with E-state index < -0.39 is 0 Å². The van der Waals surface area contributed by atoms with E-state index in [4.69, 9.17) is 23.2 Å². The number of nitrogens with zero attached hydrogens (tertiary/aromatic N) is 2. The molecule has 2 aromatic carbocycles. The average molecular weight is 389 g/mol. The number of likely N-dealkylation sites (tertiary alicyclic amines) is 1. The van der Waals surface area contributed by atoms with Crippen molar-refractivity contribution in [2.45, 2.75) is 31.3 Å². The molecule has 136 valence electrons. The fraction of sp³-hybridized carbons (Fsp3) is 0.381. The first-order valence-electron chi connectivity index (χ1n) is 9.10. The van der Waals surface area contributed by atoms with E-state index in [-0.39, 0.29) is 11.9 Å². The summed E-state index contributed by atoms with van der Waals surface area (Å²) in [6.45, 7) is 2.23. The molecule has 1 saturated heterocycles. The van der Waals surface area contributed by atoms with Crippen molar-refractivity contribution >= 4 is 29.1 Å². The number of hydrogen-bond donors (Lipinski definition) is 0. The van der Waals surface area contributed by atoms with E-state index in [0.717, 1.165) is 19.5 Å². The Morgan fingerprint density at radius 2 is 1.81 bits per heavy atom. The molecule has 4 rings (SSSR count). The predicted octanol–water partition coefficient (Wildman–Crippen LogP) is 4.83. The highest BCUT2D eigenvalue weighted by Crippen LogP contribution is 2.40. The molecule has 1 fully saturated rings. The molecular formula is C21H22Cl2N2O. The summed E-state index contributed by atoms with van der Waals surface area (Å²) >= 11 is 12.1. The first-order chi connectivity index (χ1) is 12.6. The Hall–Kier alpha value is -1.55. The van der Waals surface area contributed by atoms with Crippen molar-refractivity contribution in [3.63, 3.8) is 0 Å². The molecule has 26 heavy (non-hydrogen) atoms. The predicted molar refractivity (Wildman–Crippen MR) is 106 cm³/mol. The van der Waals surface area contributed by atoms with Gasteiger partial charge in [0.1, 0.15) is 0 Å². The maximum Gasteiger partial charge on any atom is 0.254 e. The molecule has 0 N–H and O–H groups in total. The zero-order chi connectivity index (χ0) is 18.3. The van der Waals surface area contributed by atoms with Gasteiger partial charge in [-0.15, -0.1) is 0 Å². The molecule has 0 saturated carbocycles. The molecule has 3 nitrogen and oxygen atoms in total. The molecule has 5 heteroatoms. The largest absolute Gasteiger partial charge is 0.333 e. The van der Waals surface area contributed by atoms with Crippen LogP contribution in [0.4, 0.5) is 0 Å². The number of rotatable bonds is 3. The van der Waals surface area contributed by atoms with Crippen LogP contribution in [-0.2, 0) is 6.42 Å². The smallest absolute Gasteiger partial charge is 0.254 e. The number of amides is 1. The number of benzene rings is 2. The van der Waals surface area contributed by atoms with E-state index in [1.165, 1.54) is 24.0 Å². The number of fused-ring (bicyclic) bond motifs is 1. The van der Waals surface area contributed by atoms with Gasteiger partial charge in [-0.25, -0.2) is 0 Å². The number of carbonyl (C=O) groups excluding carboxylic acids is 1. The summed E-state index contributed by atoms with van der Waals surface area (Å²) in [5, 5.41) is 0.876. The fourth-order valence-electron chi connectivity index (χ4n) is 4.38. The minimum atomic E-state index is -0.0190. The van der Waals surface area contributed by atoms with Crippen molar-refractivity contribution in [3.05, 3.63) is 69.2 Å². The van der Waals surface area contributed by atoms with Crippen molar-refractivity contribution in [3.8, 4) is 0 Å². The van der Waals surface area contributed by atoms with Crippen LogP contribution in [0.15, 0.2) is 42.5 Å². The van der Waals surface area contributed by atoms with Crippen LogP contribution in [-0.4, -0.2) is 41.9 Å². The van der Waals surface area contributed by atoms with Gasteiger partial charge in [0, 0.05) is 18.7 Å². The summed E-state index contributed by atoms with van der Waals surface area (Å²) in [4.78, 5) is 17.6. The quantitative estimate of drug-likeness (QED) is 0.751. The SMILES string of the molecule is CN(C(=O)c1ccc(Cl)c(Cl)c1)[C@@H]1c2ccccc2C[C@H]1N1CCCC1. The third-order valence-electron chi connectivity index (χ3n) is 5.68. The Kier molecular flexibility index (Phi) is 4.96. The van der Waals surface area contributed by atoms with E-state index in [2.05, 4.69) is 29.2 Å². The van der Waals surface area contributed by atoms with Crippen LogP contribution in [0.1, 0.15) is 40.4 Å². The van der Waals surface area contributed by atoms with Crippen LogP contribution in [0.25, 0.3) is 0 Å². The topological polar surface area (TPSA) is 23.6 Å². The van der Waals surface area contributed by atoms with Crippen LogP contribution in [0.2, 0.25) is 10.0 Å². The summed E-state index contributed by atoms with van der Waals surface area (Å²) in [6.07, 6.45) is 3.48. The Bertz CT molecular complexity index is 833. The number of carbonyl (C=O) groups is 1. The van der Waals surface area contributed by atoms with Crippen molar-refractivity contribution in [1.82, 2.24) is 9.80 Å². The molecule has 2 atom stereocenters. The van der Waals surface area contributed by atoms with E-state index in [9.17, 15) is 4.79 Å². The number of halogens is 2. The monoisotopic (exact) mass is 388 g/mol. The van der Waals surface area contributed by atoms with Gasteiger partial charge in [-0.1, -0.05) is 47.5 Å².